The van der Waals surface area contributed by atoms with Crippen LogP contribution in [0.25, 0.3) is 0 Å². The zero-order chi connectivity index (χ0) is 16.7. The van der Waals surface area contributed by atoms with Gasteiger partial charge in [-0.1, -0.05) is 47.5 Å². The molecule has 0 spiro atoms. The van der Waals surface area contributed by atoms with E-state index in [-0.39, 0.29) is 33.4 Å². The van der Waals surface area contributed by atoms with Crippen LogP contribution in [-0.4, -0.2) is 11.6 Å². The summed E-state index contributed by atoms with van der Waals surface area (Å²) in [5.74, 6) is -0.928. The predicted octanol–water partition coefficient (Wildman–Crippen LogP) is 4.14. The number of carbonyl (C=O) groups is 2. The number of Topliss-reactive ketones (excluding diaryl/α,β-unsaturated/α-hetero) is 2. The van der Waals surface area contributed by atoms with E-state index in [1.54, 1.807) is 37.3 Å². The van der Waals surface area contributed by atoms with E-state index in [1.165, 1.54) is 6.07 Å². The molecule has 2 aromatic carbocycles. The molecule has 3 rings (SSSR count). The fourth-order valence-corrected chi connectivity index (χ4v) is 2.68. The largest absolute Gasteiger partial charge is 0.449 e. The van der Waals surface area contributed by atoms with Gasteiger partial charge in [-0.25, -0.2) is 0 Å². The van der Waals surface area contributed by atoms with Gasteiger partial charge in [-0.05, 0) is 24.6 Å². The Morgan fingerprint density at radius 2 is 1.57 bits per heavy atom. The fraction of sp³-hybridized carbons (Fsp3) is 0.0588. The number of fused-ring (bicyclic) bond motifs is 1. The van der Waals surface area contributed by atoms with Crippen LogP contribution >= 0.6 is 23.2 Å². The van der Waals surface area contributed by atoms with E-state index in [9.17, 15) is 9.59 Å². The number of hydrogen-bond acceptors (Lipinski definition) is 4. The van der Waals surface area contributed by atoms with Gasteiger partial charge in [-0.3, -0.25) is 9.59 Å². The Kier molecular flexibility index (Phi) is 3.88. The SMILES string of the molecule is Cc1c(Cl)ccc(OC2=C(Cl)C(=O)c3ccccc3C2=O)c1N. The molecule has 0 unspecified atom stereocenters. The van der Waals surface area contributed by atoms with Crippen molar-refractivity contribution in [1.29, 1.82) is 0 Å². The van der Waals surface area contributed by atoms with Crippen LogP contribution in [0.15, 0.2) is 47.2 Å². The van der Waals surface area contributed by atoms with Crippen LogP contribution in [0.4, 0.5) is 5.69 Å². The quantitative estimate of drug-likeness (QED) is 0.828. The molecule has 0 heterocycles. The number of anilines is 1. The van der Waals surface area contributed by atoms with E-state index < -0.39 is 11.6 Å². The summed E-state index contributed by atoms with van der Waals surface area (Å²) in [7, 11) is 0. The van der Waals surface area contributed by atoms with E-state index in [0.29, 0.717) is 10.6 Å². The highest BCUT2D eigenvalue weighted by Crippen LogP contribution is 2.35. The lowest BCUT2D eigenvalue weighted by Crippen LogP contribution is -2.23. The van der Waals surface area contributed by atoms with Gasteiger partial charge in [0, 0.05) is 16.1 Å². The topological polar surface area (TPSA) is 69.4 Å². The maximum absolute atomic E-state index is 12.6. The van der Waals surface area contributed by atoms with E-state index >= 15 is 0 Å². The molecule has 0 aromatic heterocycles. The van der Waals surface area contributed by atoms with Crippen LogP contribution in [0.5, 0.6) is 5.75 Å². The Bertz CT molecular complexity index is 887. The summed E-state index contributed by atoms with van der Waals surface area (Å²) in [6, 6.07) is 9.57. The van der Waals surface area contributed by atoms with Crippen LogP contribution in [0.2, 0.25) is 5.02 Å². The second-order valence-electron chi connectivity index (χ2n) is 5.03. The minimum absolute atomic E-state index is 0.223. The van der Waals surface area contributed by atoms with Crippen LogP contribution in [0, 0.1) is 6.92 Å². The number of ether oxygens (including phenoxy) is 1. The molecule has 0 fully saturated rings. The standard InChI is InChI=1S/C17H11Cl2NO3/c1-8-11(18)6-7-12(14(8)20)23-17-13(19)15(21)9-4-2-3-5-10(9)16(17)22/h2-7H,20H2,1H3. The molecular weight excluding hydrogens is 337 g/mol. The van der Waals surface area contributed by atoms with Crippen molar-refractivity contribution in [2.45, 2.75) is 6.92 Å². The van der Waals surface area contributed by atoms with Crippen LogP contribution in [-0.2, 0) is 0 Å². The third kappa shape index (κ3) is 2.50. The molecule has 23 heavy (non-hydrogen) atoms. The number of nitrogens with two attached hydrogens (primary N) is 1. The molecule has 1 aliphatic carbocycles. The van der Waals surface area contributed by atoms with Crippen LogP contribution in [0.1, 0.15) is 26.3 Å². The molecule has 0 aliphatic heterocycles. The third-order valence-corrected chi connectivity index (χ3v) is 4.39. The summed E-state index contributed by atoms with van der Waals surface area (Å²) in [6.07, 6.45) is 0. The summed E-state index contributed by atoms with van der Waals surface area (Å²) in [5.41, 5.74) is 7.37. The number of nitrogen functional groups attached to an aromatic ring is 1. The molecule has 0 saturated carbocycles. The summed E-state index contributed by atoms with van der Waals surface area (Å²) in [5, 5.41) is 0.215. The maximum atomic E-state index is 12.6. The first kappa shape index (κ1) is 15.6. The van der Waals surface area contributed by atoms with Gasteiger partial charge in [0.2, 0.25) is 11.6 Å². The number of allylic oxidation sites excluding steroid dienone is 2. The number of halogens is 2. The lowest BCUT2D eigenvalue weighted by atomic mass is 9.93. The second-order valence-corrected chi connectivity index (χ2v) is 5.82. The summed E-state index contributed by atoms with van der Waals surface area (Å²) in [6.45, 7) is 1.73. The average Bonchev–Trinajstić information content (AvgIpc) is 2.56. The highest BCUT2D eigenvalue weighted by Gasteiger charge is 2.33. The van der Waals surface area contributed by atoms with Gasteiger partial charge in [0.1, 0.15) is 5.03 Å². The van der Waals surface area contributed by atoms with Crippen molar-refractivity contribution in [1.82, 2.24) is 0 Å². The minimum Gasteiger partial charge on any atom is -0.449 e. The molecule has 0 amide bonds. The van der Waals surface area contributed by atoms with Crippen molar-refractivity contribution in [3.8, 4) is 5.75 Å². The molecule has 116 valence electrons. The zero-order valence-electron chi connectivity index (χ0n) is 12.0. The fourth-order valence-electron chi connectivity index (χ4n) is 2.29. The number of hydrogen-bond donors (Lipinski definition) is 1. The second kappa shape index (κ2) is 5.72. The molecule has 2 aromatic rings. The van der Waals surface area contributed by atoms with Crippen LogP contribution < -0.4 is 10.5 Å². The van der Waals surface area contributed by atoms with Gasteiger partial charge in [0.15, 0.2) is 11.5 Å². The minimum atomic E-state index is -0.461. The van der Waals surface area contributed by atoms with E-state index in [0.717, 1.165) is 0 Å². The lowest BCUT2D eigenvalue weighted by molar-refractivity contribution is 0.0943. The molecule has 0 atom stereocenters. The Labute approximate surface area is 142 Å². The normalized spacial score (nSPS) is 14.0. The molecule has 0 radical (unpaired) electrons. The van der Waals surface area contributed by atoms with Crippen molar-refractivity contribution in [2.24, 2.45) is 0 Å². The van der Waals surface area contributed by atoms with Gasteiger partial charge in [-0.2, -0.15) is 0 Å². The summed E-state index contributed by atoms with van der Waals surface area (Å²) < 4.78 is 5.57. The Morgan fingerprint density at radius 1 is 0.957 bits per heavy atom. The molecule has 1 aliphatic rings. The van der Waals surface area contributed by atoms with Crippen molar-refractivity contribution in [3.63, 3.8) is 0 Å². The molecular formula is C17H11Cl2NO3. The zero-order valence-corrected chi connectivity index (χ0v) is 13.5. The molecule has 0 saturated heterocycles. The molecule has 6 heteroatoms. The smallest absolute Gasteiger partial charge is 0.230 e. The number of ketones is 2. The van der Waals surface area contributed by atoms with Crippen molar-refractivity contribution in [3.05, 3.63) is 68.9 Å². The first-order chi connectivity index (χ1) is 10.9. The Hall–Kier alpha value is -2.30. The lowest BCUT2D eigenvalue weighted by Gasteiger charge is -2.19. The Balaban J connectivity index is 2.07. The van der Waals surface area contributed by atoms with Crippen molar-refractivity contribution in [2.75, 3.05) is 5.73 Å². The van der Waals surface area contributed by atoms with Crippen LogP contribution in [0.3, 0.4) is 0 Å². The van der Waals surface area contributed by atoms with Gasteiger partial charge in [0.05, 0.1) is 5.69 Å². The molecule has 4 nitrogen and oxygen atoms in total. The monoisotopic (exact) mass is 347 g/mol. The van der Waals surface area contributed by atoms with Crippen molar-refractivity contribution < 1.29 is 14.3 Å². The van der Waals surface area contributed by atoms with E-state index in [4.69, 9.17) is 33.7 Å². The first-order valence-corrected chi connectivity index (χ1v) is 7.48. The highest BCUT2D eigenvalue weighted by molar-refractivity contribution is 6.49. The van der Waals surface area contributed by atoms with E-state index in [2.05, 4.69) is 0 Å². The van der Waals surface area contributed by atoms with Gasteiger partial charge in [0.25, 0.3) is 0 Å². The average molecular weight is 348 g/mol. The summed E-state index contributed by atoms with van der Waals surface area (Å²) in [4.78, 5) is 24.8. The van der Waals surface area contributed by atoms with E-state index in [1.807, 2.05) is 0 Å². The first-order valence-electron chi connectivity index (χ1n) is 6.72. The maximum Gasteiger partial charge on any atom is 0.230 e. The highest BCUT2D eigenvalue weighted by atomic mass is 35.5. The van der Waals surface area contributed by atoms with Gasteiger partial charge in [-0.15, -0.1) is 0 Å². The molecule has 2 N–H and O–H groups in total. The van der Waals surface area contributed by atoms with Gasteiger partial charge < -0.3 is 10.5 Å². The number of rotatable bonds is 2. The Morgan fingerprint density at radius 3 is 2.22 bits per heavy atom. The third-order valence-electron chi connectivity index (χ3n) is 3.64. The number of carbonyl (C=O) groups excluding carboxylic acids is 2. The van der Waals surface area contributed by atoms with Gasteiger partial charge >= 0.3 is 0 Å². The molecule has 0 bridgehead atoms. The van der Waals surface area contributed by atoms with Crippen molar-refractivity contribution >= 4 is 40.5 Å². The number of benzene rings is 2. The summed E-state index contributed by atoms with van der Waals surface area (Å²) >= 11 is 12.0. The predicted molar refractivity (Wildman–Crippen MR) is 89.2 cm³/mol.